The summed E-state index contributed by atoms with van der Waals surface area (Å²) in [6, 6.07) is 2.15. The standard InChI is InChI=1S/C20H24F3N5O4/c1-19(2,3)32-18(29)28-8-6-11(7-9-28)15(24)31-16(25)27-17-26-13-10-12(20(21,22)23)4-5-14(13)30-17/h4-5,10-11,24H,6-9H2,1-3H3,(H2,25,26,27). The van der Waals surface area contributed by atoms with Crippen molar-refractivity contribution in [3.8, 4) is 0 Å². The highest BCUT2D eigenvalue weighted by molar-refractivity contribution is 5.90. The lowest BCUT2D eigenvalue weighted by molar-refractivity contribution is -0.137. The molecule has 0 aliphatic carbocycles. The second-order valence-corrected chi connectivity index (χ2v) is 8.33. The largest absolute Gasteiger partial charge is 0.444 e. The number of nitrogens with zero attached hydrogens (tertiary/aromatic N) is 3. The Morgan fingerprint density at radius 3 is 2.53 bits per heavy atom. The van der Waals surface area contributed by atoms with Crippen molar-refractivity contribution in [1.82, 2.24) is 9.88 Å². The number of halogens is 3. The van der Waals surface area contributed by atoms with Crippen LogP contribution in [-0.2, 0) is 15.7 Å². The van der Waals surface area contributed by atoms with Crippen LogP contribution in [0.1, 0.15) is 39.2 Å². The van der Waals surface area contributed by atoms with Gasteiger partial charge in [0.15, 0.2) is 11.5 Å². The minimum absolute atomic E-state index is 0.0315. The number of piperidine rings is 1. The smallest absolute Gasteiger partial charge is 0.416 e. The van der Waals surface area contributed by atoms with Crippen molar-refractivity contribution in [2.45, 2.75) is 45.4 Å². The fraction of sp³-hybridized carbons (Fsp3) is 0.500. The molecule has 2 aromatic rings. The fourth-order valence-electron chi connectivity index (χ4n) is 3.10. The molecule has 2 heterocycles. The van der Waals surface area contributed by atoms with E-state index in [2.05, 4.69) is 9.98 Å². The van der Waals surface area contributed by atoms with Crippen molar-refractivity contribution < 1.29 is 31.9 Å². The number of oxazole rings is 1. The molecule has 1 aliphatic rings. The Kier molecular flexibility index (Phi) is 6.33. The van der Waals surface area contributed by atoms with Crippen LogP contribution >= 0.6 is 0 Å². The summed E-state index contributed by atoms with van der Waals surface area (Å²) < 4.78 is 54.3. The van der Waals surface area contributed by atoms with Gasteiger partial charge in [-0.15, -0.1) is 4.99 Å². The number of hydrogen-bond donors (Lipinski definition) is 2. The van der Waals surface area contributed by atoms with Gasteiger partial charge in [0.2, 0.25) is 0 Å². The first-order chi connectivity index (χ1) is 14.8. The molecule has 174 valence electrons. The maximum Gasteiger partial charge on any atom is 0.416 e. The van der Waals surface area contributed by atoms with E-state index in [4.69, 9.17) is 25.0 Å². The highest BCUT2D eigenvalue weighted by atomic mass is 19.4. The van der Waals surface area contributed by atoms with Crippen molar-refractivity contribution >= 4 is 35.1 Å². The monoisotopic (exact) mass is 455 g/mol. The molecule has 1 aromatic heterocycles. The lowest BCUT2D eigenvalue weighted by Gasteiger charge is -2.33. The minimum Gasteiger partial charge on any atom is -0.444 e. The number of carbonyl (C=O) groups excluding carboxylic acids is 1. The van der Waals surface area contributed by atoms with Gasteiger partial charge >= 0.3 is 18.3 Å². The molecule has 9 nitrogen and oxygen atoms in total. The zero-order valence-electron chi connectivity index (χ0n) is 17.8. The van der Waals surface area contributed by atoms with E-state index in [9.17, 15) is 18.0 Å². The fourth-order valence-corrected chi connectivity index (χ4v) is 3.10. The average Bonchev–Trinajstić information content (AvgIpc) is 3.07. The first kappa shape index (κ1) is 23.4. The molecule has 1 aliphatic heterocycles. The molecule has 0 radical (unpaired) electrons. The van der Waals surface area contributed by atoms with E-state index in [-0.39, 0.29) is 28.9 Å². The van der Waals surface area contributed by atoms with Crippen LogP contribution in [0, 0.1) is 11.3 Å². The number of alkyl halides is 3. The molecule has 0 spiro atoms. The summed E-state index contributed by atoms with van der Waals surface area (Å²) >= 11 is 0. The molecule has 0 unspecified atom stereocenters. The third-order valence-electron chi connectivity index (χ3n) is 4.64. The van der Waals surface area contributed by atoms with E-state index < -0.39 is 29.5 Å². The van der Waals surface area contributed by atoms with Crippen LogP contribution < -0.4 is 5.73 Å². The van der Waals surface area contributed by atoms with Gasteiger partial charge in [-0.1, -0.05) is 0 Å². The van der Waals surface area contributed by atoms with Gasteiger partial charge in [0.25, 0.3) is 6.02 Å². The van der Waals surface area contributed by atoms with Gasteiger partial charge in [-0.2, -0.15) is 18.2 Å². The molecule has 1 amide bonds. The van der Waals surface area contributed by atoms with E-state index in [1.807, 2.05) is 0 Å². The Morgan fingerprint density at radius 2 is 1.94 bits per heavy atom. The number of ether oxygens (including phenoxy) is 2. The summed E-state index contributed by atoms with van der Waals surface area (Å²) in [5.74, 6) is -0.411. The summed E-state index contributed by atoms with van der Waals surface area (Å²) in [6.07, 6.45) is -3.95. The van der Waals surface area contributed by atoms with E-state index >= 15 is 0 Å². The van der Waals surface area contributed by atoms with Gasteiger partial charge in [0.05, 0.1) is 5.56 Å². The molecule has 32 heavy (non-hydrogen) atoms. The first-order valence-corrected chi connectivity index (χ1v) is 9.88. The molecule has 3 N–H and O–H groups in total. The quantitative estimate of drug-likeness (QED) is 0.509. The summed E-state index contributed by atoms with van der Waals surface area (Å²) in [6.45, 7) is 6.16. The zero-order valence-corrected chi connectivity index (χ0v) is 17.8. The average molecular weight is 455 g/mol. The summed E-state index contributed by atoms with van der Waals surface area (Å²) in [5.41, 5.74) is 4.32. The number of hydrogen-bond acceptors (Lipinski definition) is 7. The van der Waals surface area contributed by atoms with Crippen molar-refractivity contribution in [2.75, 3.05) is 13.1 Å². The van der Waals surface area contributed by atoms with Gasteiger partial charge in [-0.05, 0) is 51.8 Å². The Morgan fingerprint density at radius 1 is 1.28 bits per heavy atom. The second kappa shape index (κ2) is 8.67. The van der Waals surface area contributed by atoms with E-state index in [1.54, 1.807) is 25.7 Å². The molecule has 1 aromatic carbocycles. The number of aliphatic imine (C=N–C) groups is 1. The number of benzene rings is 1. The van der Waals surface area contributed by atoms with Crippen molar-refractivity contribution in [3.63, 3.8) is 0 Å². The van der Waals surface area contributed by atoms with Crippen LogP contribution in [0.3, 0.4) is 0 Å². The molecule has 0 saturated carbocycles. The number of nitrogens with two attached hydrogens (primary N) is 1. The number of aromatic nitrogens is 1. The van der Waals surface area contributed by atoms with Crippen LogP contribution in [0.4, 0.5) is 24.0 Å². The third-order valence-corrected chi connectivity index (χ3v) is 4.64. The molecule has 12 heteroatoms. The van der Waals surface area contributed by atoms with Crippen LogP contribution in [0.15, 0.2) is 27.6 Å². The van der Waals surface area contributed by atoms with Gasteiger partial charge in [0.1, 0.15) is 11.1 Å². The van der Waals surface area contributed by atoms with Crippen LogP contribution in [0.25, 0.3) is 11.1 Å². The lowest BCUT2D eigenvalue weighted by Crippen LogP contribution is -2.43. The highest BCUT2D eigenvalue weighted by Crippen LogP contribution is 2.32. The maximum atomic E-state index is 12.8. The predicted molar refractivity (Wildman–Crippen MR) is 110 cm³/mol. The molecule has 3 rings (SSSR count). The van der Waals surface area contributed by atoms with Crippen molar-refractivity contribution in [1.29, 1.82) is 5.41 Å². The maximum absolute atomic E-state index is 12.8. The van der Waals surface area contributed by atoms with Gasteiger partial charge in [0, 0.05) is 19.0 Å². The van der Waals surface area contributed by atoms with Crippen molar-refractivity contribution in [2.24, 2.45) is 16.6 Å². The highest BCUT2D eigenvalue weighted by Gasteiger charge is 2.31. The SMILES string of the molecule is CC(C)(C)OC(=O)N1CCC(C(=N)O/C(N)=N/c2nc3cc(C(F)(F)F)ccc3o2)CC1. The van der Waals surface area contributed by atoms with E-state index in [0.717, 1.165) is 18.2 Å². The molecule has 0 atom stereocenters. The van der Waals surface area contributed by atoms with Crippen LogP contribution in [0.5, 0.6) is 0 Å². The molecule has 0 bridgehead atoms. The Hall–Kier alpha value is -3.31. The van der Waals surface area contributed by atoms with Crippen molar-refractivity contribution in [3.05, 3.63) is 23.8 Å². The first-order valence-electron chi connectivity index (χ1n) is 9.88. The number of fused-ring (bicyclic) bond motifs is 1. The Balaban J connectivity index is 1.58. The summed E-state index contributed by atoms with van der Waals surface area (Å²) in [5, 5.41) is 8.11. The molecular formula is C20H24F3N5O4. The van der Waals surface area contributed by atoms with Crippen LogP contribution in [-0.4, -0.2) is 46.6 Å². The summed E-state index contributed by atoms with van der Waals surface area (Å²) in [4.78, 5) is 21.3. The number of amides is 1. The lowest BCUT2D eigenvalue weighted by atomic mass is 9.97. The zero-order chi connectivity index (χ0) is 23.7. The molecule has 1 saturated heterocycles. The molecule has 1 fully saturated rings. The number of nitrogens with one attached hydrogen (secondary N) is 1. The van der Waals surface area contributed by atoms with Crippen LogP contribution in [0.2, 0.25) is 0 Å². The normalized spacial score (nSPS) is 16.3. The third kappa shape index (κ3) is 5.89. The van der Waals surface area contributed by atoms with E-state index in [0.29, 0.717) is 25.9 Å². The topological polar surface area (TPSA) is 127 Å². The van der Waals surface area contributed by atoms with Gasteiger partial charge in [-0.3, -0.25) is 5.41 Å². The number of rotatable bonds is 2. The Labute approximate surface area is 181 Å². The van der Waals surface area contributed by atoms with Gasteiger partial charge in [-0.25, -0.2) is 4.79 Å². The minimum atomic E-state index is -4.51. The predicted octanol–water partition coefficient (Wildman–Crippen LogP) is 4.43. The molecular weight excluding hydrogens is 431 g/mol. The number of likely N-dealkylation sites (tertiary alicyclic amines) is 1. The summed E-state index contributed by atoms with van der Waals surface area (Å²) in [7, 11) is 0. The number of amidine groups is 1. The van der Waals surface area contributed by atoms with E-state index in [1.165, 1.54) is 0 Å². The number of carbonyl (C=O) groups is 1. The Bertz CT molecular complexity index is 1030. The van der Waals surface area contributed by atoms with Gasteiger partial charge < -0.3 is 24.5 Å². The second-order valence-electron chi connectivity index (χ2n) is 8.33.